The Morgan fingerprint density at radius 3 is 2.12 bits per heavy atom. The third kappa shape index (κ3) is 6.27. The van der Waals surface area contributed by atoms with Gasteiger partial charge in [0.05, 0.1) is 0 Å². The number of nitrogens with zero attached hydrogens (tertiary/aromatic N) is 2. The standard InChI is InChI=1S/C13H27ClN2O/c1-5-15(6-2)9-8-10-16(7-3)13(17)12(4)11-14/h12H,5-11H2,1-4H3. The molecule has 4 heteroatoms. The minimum atomic E-state index is -0.0647. The zero-order valence-corrected chi connectivity index (χ0v) is 12.5. The largest absolute Gasteiger partial charge is 0.343 e. The van der Waals surface area contributed by atoms with Crippen LogP contribution in [0.25, 0.3) is 0 Å². The van der Waals surface area contributed by atoms with Crippen molar-refractivity contribution in [3.05, 3.63) is 0 Å². The van der Waals surface area contributed by atoms with Crippen LogP contribution >= 0.6 is 11.6 Å². The number of halogens is 1. The smallest absolute Gasteiger partial charge is 0.226 e. The lowest BCUT2D eigenvalue weighted by Gasteiger charge is -2.25. The van der Waals surface area contributed by atoms with Crippen LogP contribution in [0.3, 0.4) is 0 Å². The van der Waals surface area contributed by atoms with E-state index < -0.39 is 0 Å². The summed E-state index contributed by atoms with van der Waals surface area (Å²) in [6.07, 6.45) is 1.04. The monoisotopic (exact) mass is 262 g/mol. The van der Waals surface area contributed by atoms with Gasteiger partial charge in [-0.3, -0.25) is 4.79 Å². The number of carbonyl (C=O) groups excluding carboxylic acids is 1. The average molecular weight is 263 g/mol. The van der Waals surface area contributed by atoms with Crippen molar-refractivity contribution in [1.82, 2.24) is 9.80 Å². The van der Waals surface area contributed by atoms with Crippen LogP contribution in [0.1, 0.15) is 34.1 Å². The summed E-state index contributed by atoms with van der Waals surface area (Å²) in [5.41, 5.74) is 0. The van der Waals surface area contributed by atoms with Crippen LogP contribution < -0.4 is 0 Å². The maximum absolute atomic E-state index is 11.9. The third-order valence-corrected chi connectivity index (χ3v) is 3.61. The second-order valence-electron chi connectivity index (χ2n) is 4.35. The number of hydrogen-bond donors (Lipinski definition) is 0. The van der Waals surface area contributed by atoms with E-state index in [1.165, 1.54) is 0 Å². The van der Waals surface area contributed by atoms with Crippen molar-refractivity contribution in [2.45, 2.75) is 34.1 Å². The Bertz CT molecular complexity index is 208. The Morgan fingerprint density at radius 2 is 1.71 bits per heavy atom. The van der Waals surface area contributed by atoms with Gasteiger partial charge in [0.2, 0.25) is 5.91 Å². The second-order valence-corrected chi connectivity index (χ2v) is 4.66. The molecule has 0 N–H and O–H groups in total. The normalized spacial score (nSPS) is 12.8. The average Bonchev–Trinajstić information content (AvgIpc) is 2.37. The van der Waals surface area contributed by atoms with Gasteiger partial charge in [-0.05, 0) is 33.0 Å². The molecule has 0 aliphatic heterocycles. The number of amides is 1. The van der Waals surface area contributed by atoms with Crippen LogP contribution in [-0.4, -0.2) is 54.3 Å². The van der Waals surface area contributed by atoms with Crippen molar-refractivity contribution in [3.8, 4) is 0 Å². The molecule has 3 nitrogen and oxygen atoms in total. The predicted molar refractivity (Wildman–Crippen MR) is 74.5 cm³/mol. The highest BCUT2D eigenvalue weighted by Crippen LogP contribution is 2.05. The molecule has 0 saturated carbocycles. The first-order valence-electron chi connectivity index (χ1n) is 6.67. The maximum Gasteiger partial charge on any atom is 0.226 e. The molecule has 1 amide bonds. The Hall–Kier alpha value is -0.280. The molecule has 0 aliphatic carbocycles. The first kappa shape index (κ1) is 16.7. The van der Waals surface area contributed by atoms with E-state index in [2.05, 4.69) is 18.7 Å². The molecule has 0 aromatic carbocycles. The Morgan fingerprint density at radius 1 is 1.12 bits per heavy atom. The number of rotatable bonds is 9. The van der Waals surface area contributed by atoms with Crippen LogP contribution in [-0.2, 0) is 4.79 Å². The minimum Gasteiger partial charge on any atom is -0.343 e. The summed E-state index contributed by atoms with van der Waals surface area (Å²) in [5, 5.41) is 0. The zero-order valence-electron chi connectivity index (χ0n) is 11.7. The Labute approximate surface area is 111 Å². The van der Waals surface area contributed by atoms with Crippen LogP contribution in [0.5, 0.6) is 0 Å². The minimum absolute atomic E-state index is 0.0647. The van der Waals surface area contributed by atoms with E-state index in [4.69, 9.17) is 11.6 Å². The molecule has 0 fully saturated rings. The summed E-state index contributed by atoms with van der Waals surface area (Å²) >= 11 is 5.72. The lowest BCUT2D eigenvalue weighted by molar-refractivity contribution is -0.134. The number of carbonyl (C=O) groups is 1. The molecule has 0 aliphatic rings. The molecule has 0 aromatic heterocycles. The number of alkyl halides is 1. The molecule has 102 valence electrons. The summed E-state index contributed by atoms with van der Waals surface area (Å²) in [6.45, 7) is 13.1. The molecule has 17 heavy (non-hydrogen) atoms. The number of hydrogen-bond acceptors (Lipinski definition) is 2. The molecule has 0 rings (SSSR count). The molecule has 0 spiro atoms. The van der Waals surface area contributed by atoms with Crippen molar-refractivity contribution in [2.24, 2.45) is 5.92 Å². The molecule has 1 unspecified atom stereocenters. The fourth-order valence-corrected chi connectivity index (χ4v) is 1.96. The highest BCUT2D eigenvalue weighted by atomic mass is 35.5. The molecule has 0 saturated heterocycles. The van der Waals surface area contributed by atoms with Gasteiger partial charge < -0.3 is 9.80 Å². The van der Waals surface area contributed by atoms with Gasteiger partial charge in [0, 0.05) is 24.9 Å². The van der Waals surface area contributed by atoms with Gasteiger partial charge in [-0.1, -0.05) is 20.8 Å². The molecule has 1 atom stereocenters. The summed E-state index contributed by atoms with van der Waals surface area (Å²) in [4.78, 5) is 16.2. The SMILES string of the molecule is CCN(CC)CCCN(CC)C(=O)C(C)CCl. The van der Waals surface area contributed by atoms with Crippen LogP contribution in [0, 0.1) is 5.92 Å². The van der Waals surface area contributed by atoms with Crippen molar-refractivity contribution >= 4 is 17.5 Å². The summed E-state index contributed by atoms with van der Waals surface area (Å²) < 4.78 is 0. The van der Waals surface area contributed by atoms with Crippen molar-refractivity contribution in [3.63, 3.8) is 0 Å². The highest BCUT2D eigenvalue weighted by molar-refractivity contribution is 6.19. The maximum atomic E-state index is 11.9. The van der Waals surface area contributed by atoms with Crippen molar-refractivity contribution < 1.29 is 4.79 Å². The second kappa shape index (κ2) is 9.72. The Kier molecular flexibility index (Phi) is 9.56. The van der Waals surface area contributed by atoms with Crippen LogP contribution in [0.4, 0.5) is 0 Å². The topological polar surface area (TPSA) is 23.6 Å². The lowest BCUT2D eigenvalue weighted by atomic mass is 10.2. The first-order valence-corrected chi connectivity index (χ1v) is 7.21. The van der Waals surface area contributed by atoms with E-state index in [0.29, 0.717) is 5.88 Å². The predicted octanol–water partition coefficient (Wildman–Crippen LogP) is 2.44. The summed E-state index contributed by atoms with van der Waals surface area (Å²) in [7, 11) is 0. The van der Waals surface area contributed by atoms with E-state index in [1.807, 2.05) is 18.7 Å². The molecule has 0 aromatic rings. The van der Waals surface area contributed by atoms with Gasteiger partial charge in [-0.25, -0.2) is 0 Å². The molecule has 0 radical (unpaired) electrons. The van der Waals surface area contributed by atoms with Crippen LogP contribution in [0.2, 0.25) is 0 Å². The fourth-order valence-electron chi connectivity index (χ4n) is 1.83. The van der Waals surface area contributed by atoms with Gasteiger partial charge in [0.25, 0.3) is 0 Å². The van der Waals surface area contributed by atoms with E-state index in [1.54, 1.807) is 0 Å². The third-order valence-electron chi connectivity index (χ3n) is 3.14. The van der Waals surface area contributed by atoms with Gasteiger partial charge in [-0.2, -0.15) is 0 Å². The molecule has 0 bridgehead atoms. The van der Waals surface area contributed by atoms with Crippen molar-refractivity contribution in [2.75, 3.05) is 38.6 Å². The van der Waals surface area contributed by atoms with E-state index in [9.17, 15) is 4.79 Å². The Balaban J connectivity index is 4.01. The van der Waals surface area contributed by atoms with E-state index in [0.717, 1.165) is 39.1 Å². The van der Waals surface area contributed by atoms with Gasteiger partial charge in [-0.15, -0.1) is 11.6 Å². The fraction of sp³-hybridized carbons (Fsp3) is 0.923. The quantitative estimate of drug-likeness (QED) is 0.596. The summed E-state index contributed by atoms with van der Waals surface area (Å²) in [6, 6.07) is 0. The molecule has 0 heterocycles. The van der Waals surface area contributed by atoms with Gasteiger partial charge in [0.1, 0.15) is 0 Å². The van der Waals surface area contributed by atoms with E-state index in [-0.39, 0.29) is 11.8 Å². The molecular weight excluding hydrogens is 236 g/mol. The zero-order chi connectivity index (χ0) is 13.3. The van der Waals surface area contributed by atoms with Gasteiger partial charge in [0.15, 0.2) is 0 Å². The molecular formula is C13H27ClN2O. The van der Waals surface area contributed by atoms with E-state index >= 15 is 0 Å². The lowest BCUT2D eigenvalue weighted by Crippen LogP contribution is -2.37. The summed E-state index contributed by atoms with van der Waals surface area (Å²) in [5.74, 6) is 0.526. The van der Waals surface area contributed by atoms with Crippen molar-refractivity contribution in [1.29, 1.82) is 0 Å². The highest BCUT2D eigenvalue weighted by Gasteiger charge is 2.17. The first-order chi connectivity index (χ1) is 8.10. The van der Waals surface area contributed by atoms with Crippen LogP contribution in [0.15, 0.2) is 0 Å². The van der Waals surface area contributed by atoms with Gasteiger partial charge >= 0.3 is 0 Å².